The number of hydrogen-bond acceptors (Lipinski definition) is 3. The first-order valence-corrected chi connectivity index (χ1v) is 5.51. The zero-order chi connectivity index (χ0) is 13.0. The van der Waals surface area contributed by atoms with Crippen LogP contribution in [0.2, 0.25) is 0 Å². The van der Waals surface area contributed by atoms with Crippen LogP contribution in [-0.2, 0) is 0 Å². The Bertz CT molecular complexity index is 575. The fourth-order valence-electron chi connectivity index (χ4n) is 1.56. The highest BCUT2D eigenvalue weighted by molar-refractivity contribution is 5.75. The Hall–Kier alpha value is -2.49. The molecule has 1 aromatic heterocycles. The van der Waals surface area contributed by atoms with Crippen LogP contribution in [0.4, 0.5) is 0 Å². The molecule has 90 valence electrons. The number of nitro groups is 1. The van der Waals surface area contributed by atoms with Crippen LogP contribution < -0.4 is 0 Å². The third-order valence-corrected chi connectivity index (χ3v) is 2.49. The van der Waals surface area contributed by atoms with Crippen molar-refractivity contribution in [2.45, 2.75) is 6.92 Å². The Morgan fingerprint density at radius 1 is 1.22 bits per heavy atom. The summed E-state index contributed by atoms with van der Waals surface area (Å²) in [5, 5.41) is 11.1. The minimum Gasteiger partial charge on any atom is -0.258 e. The summed E-state index contributed by atoms with van der Waals surface area (Å²) in [7, 11) is 0. The van der Waals surface area contributed by atoms with Crippen molar-refractivity contribution >= 4 is 11.8 Å². The van der Waals surface area contributed by atoms with E-state index in [1.807, 2.05) is 19.1 Å². The molecule has 1 aromatic carbocycles. The minimum atomic E-state index is -0.392. The smallest absolute Gasteiger partial charge is 0.258 e. The van der Waals surface area contributed by atoms with E-state index >= 15 is 0 Å². The largest absolute Gasteiger partial charge is 0.278 e. The molecule has 1 heterocycles. The van der Waals surface area contributed by atoms with Gasteiger partial charge in [-0.2, -0.15) is 0 Å². The molecule has 0 atom stereocenters. The highest BCUT2D eigenvalue weighted by Gasteiger charge is 2.13. The van der Waals surface area contributed by atoms with Crippen LogP contribution in [0.1, 0.15) is 16.8 Å². The number of nitrogens with zero attached hydrogens (tertiary/aromatic N) is 2. The molecule has 0 aliphatic heterocycles. The molecule has 0 unspecified atom stereocenters. The van der Waals surface area contributed by atoms with E-state index in [-0.39, 0.29) is 5.70 Å². The fraction of sp³-hybridized carbons (Fsp3) is 0.0714. The van der Waals surface area contributed by atoms with Gasteiger partial charge >= 0.3 is 0 Å². The standard InChI is InChI=1S/C14H12N2O2/c1-11-7-8-13(15-10-11)9-14(16(17)18)12-5-3-2-4-6-12/h2-10H,1H3/b14-9+. The van der Waals surface area contributed by atoms with Crippen LogP contribution in [-0.4, -0.2) is 9.91 Å². The summed E-state index contributed by atoms with van der Waals surface area (Å²) in [6.07, 6.45) is 3.17. The predicted molar refractivity (Wildman–Crippen MR) is 70.3 cm³/mol. The number of aromatic nitrogens is 1. The zero-order valence-corrected chi connectivity index (χ0v) is 9.91. The first kappa shape index (κ1) is 12.0. The van der Waals surface area contributed by atoms with Gasteiger partial charge in [-0.1, -0.05) is 24.3 Å². The maximum atomic E-state index is 11.1. The predicted octanol–water partition coefficient (Wildman–Crippen LogP) is 3.16. The van der Waals surface area contributed by atoms with E-state index in [0.29, 0.717) is 11.3 Å². The van der Waals surface area contributed by atoms with Gasteiger partial charge in [0.1, 0.15) is 0 Å². The van der Waals surface area contributed by atoms with E-state index in [9.17, 15) is 10.1 Å². The normalized spacial score (nSPS) is 11.3. The molecule has 18 heavy (non-hydrogen) atoms. The molecule has 0 saturated carbocycles. The van der Waals surface area contributed by atoms with Crippen LogP contribution in [0, 0.1) is 17.0 Å². The third-order valence-electron chi connectivity index (χ3n) is 2.49. The summed E-state index contributed by atoms with van der Waals surface area (Å²) < 4.78 is 0. The molecule has 4 heteroatoms. The Morgan fingerprint density at radius 2 is 1.94 bits per heavy atom. The Labute approximate surface area is 105 Å². The van der Waals surface area contributed by atoms with Crippen molar-refractivity contribution in [3.63, 3.8) is 0 Å². The molecular weight excluding hydrogens is 228 g/mol. The van der Waals surface area contributed by atoms with Crippen molar-refractivity contribution in [1.82, 2.24) is 4.98 Å². The number of pyridine rings is 1. The van der Waals surface area contributed by atoms with Crippen LogP contribution in [0.25, 0.3) is 11.8 Å². The molecule has 0 amide bonds. The average Bonchev–Trinajstić information content (AvgIpc) is 2.38. The second-order valence-electron chi connectivity index (χ2n) is 3.91. The van der Waals surface area contributed by atoms with Gasteiger partial charge in [0.2, 0.25) is 0 Å². The molecule has 2 aromatic rings. The zero-order valence-electron chi connectivity index (χ0n) is 9.91. The second kappa shape index (κ2) is 5.23. The van der Waals surface area contributed by atoms with Gasteiger partial charge in [-0.05, 0) is 30.7 Å². The van der Waals surface area contributed by atoms with Gasteiger partial charge in [0.05, 0.1) is 16.2 Å². The molecule has 0 fully saturated rings. The monoisotopic (exact) mass is 240 g/mol. The van der Waals surface area contributed by atoms with Gasteiger partial charge in [-0.25, -0.2) is 0 Å². The highest BCUT2D eigenvalue weighted by atomic mass is 16.6. The van der Waals surface area contributed by atoms with E-state index in [0.717, 1.165) is 5.56 Å². The highest BCUT2D eigenvalue weighted by Crippen LogP contribution is 2.17. The van der Waals surface area contributed by atoms with Crippen molar-refractivity contribution in [3.8, 4) is 0 Å². The summed E-state index contributed by atoms with van der Waals surface area (Å²) in [6, 6.07) is 12.4. The van der Waals surface area contributed by atoms with Gasteiger partial charge in [0.25, 0.3) is 5.70 Å². The van der Waals surface area contributed by atoms with E-state index in [4.69, 9.17) is 0 Å². The first-order chi connectivity index (χ1) is 8.66. The fourth-order valence-corrected chi connectivity index (χ4v) is 1.56. The number of rotatable bonds is 3. The van der Waals surface area contributed by atoms with Gasteiger partial charge in [0.15, 0.2) is 0 Å². The van der Waals surface area contributed by atoms with Crippen molar-refractivity contribution in [1.29, 1.82) is 0 Å². The van der Waals surface area contributed by atoms with E-state index < -0.39 is 4.92 Å². The maximum absolute atomic E-state index is 11.1. The SMILES string of the molecule is Cc1ccc(/C=C(\c2ccccc2)[N+](=O)[O-])nc1. The molecule has 2 rings (SSSR count). The van der Waals surface area contributed by atoms with E-state index in [1.165, 1.54) is 6.08 Å². The lowest BCUT2D eigenvalue weighted by atomic mass is 10.1. The molecule has 0 N–H and O–H groups in total. The molecular formula is C14H12N2O2. The van der Waals surface area contributed by atoms with Crippen LogP contribution in [0.3, 0.4) is 0 Å². The Morgan fingerprint density at radius 3 is 2.50 bits per heavy atom. The van der Waals surface area contributed by atoms with Gasteiger partial charge in [-0.3, -0.25) is 15.1 Å². The summed E-state index contributed by atoms with van der Waals surface area (Å²) >= 11 is 0. The minimum absolute atomic E-state index is 0.0481. The van der Waals surface area contributed by atoms with Crippen LogP contribution >= 0.6 is 0 Å². The van der Waals surface area contributed by atoms with Crippen LogP contribution in [0.15, 0.2) is 48.7 Å². The lowest BCUT2D eigenvalue weighted by Crippen LogP contribution is -1.98. The van der Waals surface area contributed by atoms with Crippen molar-refractivity contribution in [2.24, 2.45) is 0 Å². The quantitative estimate of drug-likeness (QED) is 0.611. The summed E-state index contributed by atoms with van der Waals surface area (Å²) in [6.45, 7) is 1.92. The maximum Gasteiger partial charge on any atom is 0.278 e. The number of hydrogen-bond donors (Lipinski definition) is 0. The molecule has 0 radical (unpaired) electrons. The average molecular weight is 240 g/mol. The topological polar surface area (TPSA) is 56.0 Å². The third kappa shape index (κ3) is 2.79. The second-order valence-corrected chi connectivity index (χ2v) is 3.91. The lowest BCUT2D eigenvalue weighted by Gasteiger charge is -1.99. The molecule has 4 nitrogen and oxygen atoms in total. The molecule has 0 aliphatic carbocycles. The van der Waals surface area contributed by atoms with E-state index in [2.05, 4.69) is 4.98 Å². The first-order valence-electron chi connectivity index (χ1n) is 5.51. The Balaban J connectivity index is 2.43. The van der Waals surface area contributed by atoms with E-state index in [1.54, 1.807) is 36.5 Å². The van der Waals surface area contributed by atoms with Crippen molar-refractivity contribution < 1.29 is 4.92 Å². The molecule has 0 spiro atoms. The number of benzene rings is 1. The van der Waals surface area contributed by atoms with Gasteiger partial charge < -0.3 is 0 Å². The molecule has 0 aliphatic rings. The lowest BCUT2D eigenvalue weighted by molar-refractivity contribution is -0.374. The van der Waals surface area contributed by atoms with Crippen molar-refractivity contribution in [3.05, 3.63) is 75.6 Å². The van der Waals surface area contributed by atoms with Gasteiger partial charge in [0, 0.05) is 12.3 Å². The molecule has 0 bridgehead atoms. The summed E-state index contributed by atoms with van der Waals surface area (Å²) in [5.41, 5.74) is 2.22. The summed E-state index contributed by atoms with van der Waals surface area (Å²) in [4.78, 5) is 14.8. The number of aryl methyl sites for hydroxylation is 1. The summed E-state index contributed by atoms with van der Waals surface area (Å²) in [5.74, 6) is 0. The van der Waals surface area contributed by atoms with Crippen molar-refractivity contribution in [2.75, 3.05) is 0 Å². The van der Waals surface area contributed by atoms with Crippen LogP contribution in [0.5, 0.6) is 0 Å². The molecule has 0 saturated heterocycles. The Kier molecular flexibility index (Phi) is 3.48. The van der Waals surface area contributed by atoms with Gasteiger partial charge in [-0.15, -0.1) is 0 Å².